The van der Waals surface area contributed by atoms with Crippen molar-refractivity contribution in [1.29, 1.82) is 0 Å². The molecule has 0 unspecified atom stereocenters. The molecule has 0 atom stereocenters. The van der Waals surface area contributed by atoms with Gasteiger partial charge in [0.1, 0.15) is 0 Å². The van der Waals surface area contributed by atoms with Crippen molar-refractivity contribution >= 4 is 11.6 Å². The number of hydrogen-bond donors (Lipinski definition) is 0. The second kappa shape index (κ2) is 3.82. The zero-order chi connectivity index (χ0) is 11.0. The summed E-state index contributed by atoms with van der Waals surface area (Å²) < 4.78 is 5.57. The first-order valence-corrected chi connectivity index (χ1v) is 6.07. The molecule has 0 amide bonds. The normalized spacial score (nSPS) is 17.9. The summed E-state index contributed by atoms with van der Waals surface area (Å²) in [7, 11) is 0. The number of fused-ring (bicyclic) bond motifs is 1. The predicted molar refractivity (Wildman–Crippen MR) is 67.7 cm³/mol. The Kier molecular flexibility index (Phi) is 2.32. The van der Waals surface area contributed by atoms with Crippen LogP contribution in [0, 0.1) is 0 Å². The molecule has 0 spiro atoms. The lowest BCUT2D eigenvalue weighted by Crippen LogP contribution is -1.81. The maximum absolute atomic E-state index is 5.57. The van der Waals surface area contributed by atoms with E-state index in [4.69, 9.17) is 4.74 Å². The van der Waals surface area contributed by atoms with E-state index >= 15 is 0 Å². The van der Waals surface area contributed by atoms with Crippen LogP contribution >= 0.6 is 0 Å². The van der Waals surface area contributed by atoms with Gasteiger partial charge in [0, 0.05) is 11.1 Å². The van der Waals surface area contributed by atoms with Gasteiger partial charge in [0.15, 0.2) is 11.5 Å². The summed E-state index contributed by atoms with van der Waals surface area (Å²) in [4.78, 5) is 0. The summed E-state index contributed by atoms with van der Waals surface area (Å²) in [6.45, 7) is 3.79. The summed E-state index contributed by atoms with van der Waals surface area (Å²) in [6.07, 6.45) is 10.7. The molecule has 1 nitrogen and oxygen atoms in total. The number of benzene rings is 1. The second-order valence-corrected chi connectivity index (χ2v) is 4.50. The van der Waals surface area contributed by atoms with E-state index in [0.29, 0.717) is 0 Å². The quantitative estimate of drug-likeness (QED) is 0.652. The van der Waals surface area contributed by atoms with Crippen LogP contribution in [0.5, 0.6) is 11.5 Å². The van der Waals surface area contributed by atoms with Crippen molar-refractivity contribution in [1.82, 2.24) is 0 Å². The molecule has 0 N–H and O–H groups in total. The zero-order valence-corrected chi connectivity index (χ0v) is 9.46. The van der Waals surface area contributed by atoms with Crippen LogP contribution in [0.4, 0.5) is 0 Å². The van der Waals surface area contributed by atoms with E-state index in [1.54, 1.807) is 0 Å². The van der Waals surface area contributed by atoms with Crippen molar-refractivity contribution in [3.63, 3.8) is 0 Å². The number of rotatable bonds is 2. The largest absolute Gasteiger partial charge is 0.448 e. The Balaban J connectivity index is 1.96. The van der Waals surface area contributed by atoms with Crippen molar-refractivity contribution in [2.75, 3.05) is 0 Å². The lowest BCUT2D eigenvalue weighted by atomic mass is 10.00. The first kappa shape index (κ1) is 9.71. The van der Waals surface area contributed by atoms with E-state index in [2.05, 4.69) is 24.8 Å². The lowest BCUT2D eigenvalue weighted by molar-refractivity contribution is 0.647. The van der Waals surface area contributed by atoms with Crippen LogP contribution in [-0.2, 0) is 0 Å². The maximum Gasteiger partial charge on any atom is 0.178 e. The Labute approximate surface area is 96.4 Å². The molecule has 1 aliphatic carbocycles. The fourth-order valence-electron chi connectivity index (χ4n) is 2.44. The molecule has 0 saturated carbocycles. The summed E-state index contributed by atoms with van der Waals surface area (Å²) >= 11 is 0. The van der Waals surface area contributed by atoms with Gasteiger partial charge >= 0.3 is 0 Å². The smallest absolute Gasteiger partial charge is 0.178 e. The van der Waals surface area contributed by atoms with Gasteiger partial charge in [-0.05, 0) is 31.3 Å². The minimum Gasteiger partial charge on any atom is -0.448 e. The monoisotopic (exact) mass is 212 g/mol. The summed E-state index contributed by atoms with van der Waals surface area (Å²) in [6, 6.07) is 4.29. The van der Waals surface area contributed by atoms with Gasteiger partial charge < -0.3 is 4.74 Å². The van der Waals surface area contributed by atoms with Gasteiger partial charge in [-0.1, -0.05) is 37.3 Å². The molecule has 1 aliphatic heterocycles. The van der Waals surface area contributed by atoms with Crippen LogP contribution in [0.2, 0.25) is 0 Å². The average molecular weight is 212 g/mol. The molecule has 16 heavy (non-hydrogen) atoms. The SMILES string of the molecule is C=Cc1ccc(C2=CCCCCC2)c2c1O2. The van der Waals surface area contributed by atoms with Gasteiger partial charge in [-0.15, -0.1) is 0 Å². The summed E-state index contributed by atoms with van der Waals surface area (Å²) in [5.74, 6) is 2.13. The van der Waals surface area contributed by atoms with Crippen molar-refractivity contribution in [3.05, 3.63) is 35.9 Å². The van der Waals surface area contributed by atoms with E-state index in [0.717, 1.165) is 17.1 Å². The van der Waals surface area contributed by atoms with Crippen LogP contribution in [0.1, 0.15) is 43.2 Å². The fraction of sp³-hybridized carbons (Fsp3) is 0.333. The van der Waals surface area contributed by atoms with E-state index in [9.17, 15) is 0 Å². The van der Waals surface area contributed by atoms with Crippen molar-refractivity contribution in [2.24, 2.45) is 0 Å². The first-order valence-electron chi connectivity index (χ1n) is 6.07. The van der Waals surface area contributed by atoms with E-state index in [1.165, 1.54) is 43.2 Å². The molecule has 82 valence electrons. The average Bonchev–Trinajstić information content (AvgIpc) is 3.11. The molecular weight excluding hydrogens is 196 g/mol. The highest BCUT2D eigenvalue weighted by Crippen LogP contribution is 2.54. The number of ether oxygens (including phenoxy) is 1. The minimum absolute atomic E-state index is 1.04. The standard InChI is InChI=1S/C15H16O/c1-2-11-9-10-13(15-14(11)16-15)12-7-5-3-4-6-8-12/h2,7,9-10H,1,3-6,8H2. The van der Waals surface area contributed by atoms with Gasteiger partial charge in [0.25, 0.3) is 0 Å². The fourth-order valence-corrected chi connectivity index (χ4v) is 2.44. The predicted octanol–water partition coefficient (Wildman–Crippen LogP) is 4.78. The number of allylic oxidation sites excluding steroid dienone is 2. The number of hydrogen-bond acceptors (Lipinski definition) is 1. The second-order valence-electron chi connectivity index (χ2n) is 4.50. The van der Waals surface area contributed by atoms with Gasteiger partial charge in [0.05, 0.1) is 0 Å². The van der Waals surface area contributed by atoms with Gasteiger partial charge in [0.2, 0.25) is 0 Å². The molecule has 1 heterocycles. The lowest BCUT2D eigenvalue weighted by Gasteiger charge is -2.02. The molecule has 0 aromatic heterocycles. The van der Waals surface area contributed by atoms with Crippen LogP contribution in [0.25, 0.3) is 11.6 Å². The third-order valence-electron chi connectivity index (χ3n) is 3.41. The minimum atomic E-state index is 1.04. The van der Waals surface area contributed by atoms with Crippen LogP contribution < -0.4 is 4.74 Å². The Morgan fingerprint density at radius 1 is 1.12 bits per heavy atom. The van der Waals surface area contributed by atoms with Gasteiger partial charge in [-0.3, -0.25) is 0 Å². The Hall–Kier alpha value is -1.50. The van der Waals surface area contributed by atoms with Gasteiger partial charge in [-0.25, -0.2) is 0 Å². The molecule has 0 radical (unpaired) electrons. The molecular formula is C15H16O. The highest BCUT2D eigenvalue weighted by molar-refractivity contribution is 5.82. The summed E-state index contributed by atoms with van der Waals surface area (Å²) in [5.41, 5.74) is 3.90. The highest BCUT2D eigenvalue weighted by Gasteiger charge is 2.28. The van der Waals surface area contributed by atoms with Crippen molar-refractivity contribution in [2.45, 2.75) is 32.1 Å². The first-order chi connectivity index (χ1) is 7.90. The van der Waals surface area contributed by atoms with E-state index < -0.39 is 0 Å². The Morgan fingerprint density at radius 2 is 2.06 bits per heavy atom. The zero-order valence-electron chi connectivity index (χ0n) is 9.46. The van der Waals surface area contributed by atoms with Gasteiger partial charge in [-0.2, -0.15) is 0 Å². The van der Waals surface area contributed by atoms with Crippen molar-refractivity contribution < 1.29 is 4.74 Å². The molecule has 1 aromatic rings. The molecule has 3 rings (SSSR count). The van der Waals surface area contributed by atoms with E-state index in [1.807, 2.05) is 6.08 Å². The molecule has 2 aliphatic rings. The molecule has 0 fully saturated rings. The van der Waals surface area contributed by atoms with Crippen molar-refractivity contribution in [3.8, 4) is 11.5 Å². The van der Waals surface area contributed by atoms with Crippen LogP contribution in [-0.4, -0.2) is 0 Å². The third-order valence-corrected chi connectivity index (χ3v) is 3.41. The third kappa shape index (κ3) is 1.57. The van der Waals surface area contributed by atoms with Crippen LogP contribution in [0.3, 0.4) is 0 Å². The Bertz CT molecular complexity index is 469. The molecule has 1 aromatic carbocycles. The molecule has 0 bridgehead atoms. The van der Waals surface area contributed by atoms with Crippen LogP contribution in [0.15, 0.2) is 24.8 Å². The topological polar surface area (TPSA) is 12.5 Å². The molecule has 1 heteroatoms. The van der Waals surface area contributed by atoms with E-state index in [-0.39, 0.29) is 0 Å². The molecule has 0 saturated heterocycles. The Morgan fingerprint density at radius 3 is 2.94 bits per heavy atom. The maximum atomic E-state index is 5.57. The highest BCUT2D eigenvalue weighted by atomic mass is 16.6. The summed E-state index contributed by atoms with van der Waals surface area (Å²) in [5, 5.41) is 0.